The van der Waals surface area contributed by atoms with Crippen molar-refractivity contribution in [1.82, 2.24) is 4.72 Å². The molecule has 1 saturated heterocycles. The van der Waals surface area contributed by atoms with E-state index in [1.54, 1.807) is 0 Å². The molecule has 1 aromatic rings. The Morgan fingerprint density at radius 2 is 1.94 bits per heavy atom. The lowest BCUT2D eigenvalue weighted by Gasteiger charge is -2.24. The van der Waals surface area contributed by atoms with Crippen LogP contribution in [0.1, 0.15) is 0 Å². The summed E-state index contributed by atoms with van der Waals surface area (Å²) in [6, 6.07) is 4.90. The highest BCUT2D eigenvalue weighted by molar-refractivity contribution is 7.89. The lowest BCUT2D eigenvalue weighted by atomic mass is 10.3. The van der Waals surface area contributed by atoms with Crippen molar-refractivity contribution in [2.45, 2.75) is 10.9 Å². The summed E-state index contributed by atoms with van der Waals surface area (Å²) in [6.45, 7) is 0.0751. The third kappa shape index (κ3) is 2.18. The van der Waals surface area contributed by atoms with Gasteiger partial charge in [-0.15, -0.1) is 0 Å². The van der Waals surface area contributed by atoms with E-state index < -0.39 is 22.0 Å². The number of cyclic esters (lactones) is 1. The van der Waals surface area contributed by atoms with Gasteiger partial charge in [0.05, 0.1) is 4.90 Å². The summed E-state index contributed by atoms with van der Waals surface area (Å²) in [5.41, 5.74) is 0. The number of sulfonamides is 1. The maximum Gasteiger partial charge on any atom is 0.327 e. The fourth-order valence-electron chi connectivity index (χ4n) is 1.19. The fourth-order valence-corrected chi connectivity index (χ4v) is 2.48. The number of esters is 1. The van der Waals surface area contributed by atoms with E-state index in [1.165, 1.54) is 24.3 Å². The average Bonchev–Trinajstić information content (AvgIpc) is 2.25. The quantitative estimate of drug-likeness (QED) is 0.807. The highest BCUT2D eigenvalue weighted by Gasteiger charge is 2.34. The molecule has 1 atom stereocenters. The summed E-state index contributed by atoms with van der Waals surface area (Å²) in [7, 11) is -3.68. The van der Waals surface area contributed by atoms with E-state index in [0.29, 0.717) is 5.02 Å². The molecule has 0 amide bonds. The fraction of sp³-hybridized carbons (Fsp3) is 0.222. The molecule has 86 valence electrons. The zero-order valence-corrected chi connectivity index (χ0v) is 9.59. The van der Waals surface area contributed by atoms with Crippen molar-refractivity contribution in [2.75, 3.05) is 6.61 Å². The van der Waals surface area contributed by atoms with E-state index in [-0.39, 0.29) is 11.5 Å². The van der Waals surface area contributed by atoms with Gasteiger partial charge in [0.2, 0.25) is 10.0 Å². The molecule has 0 bridgehead atoms. The minimum absolute atomic E-state index is 0.0663. The average molecular weight is 262 g/mol. The van der Waals surface area contributed by atoms with E-state index in [1.807, 2.05) is 0 Å². The van der Waals surface area contributed by atoms with Gasteiger partial charge in [-0.2, -0.15) is 4.72 Å². The van der Waals surface area contributed by atoms with Gasteiger partial charge in [-0.3, -0.25) is 4.79 Å². The molecule has 1 unspecified atom stereocenters. The van der Waals surface area contributed by atoms with E-state index >= 15 is 0 Å². The van der Waals surface area contributed by atoms with Gasteiger partial charge in [0.1, 0.15) is 6.61 Å². The predicted molar refractivity (Wildman–Crippen MR) is 56.5 cm³/mol. The molecule has 1 fully saturated rings. The third-order valence-electron chi connectivity index (χ3n) is 2.10. The molecule has 0 saturated carbocycles. The zero-order valence-electron chi connectivity index (χ0n) is 8.01. The lowest BCUT2D eigenvalue weighted by molar-refractivity contribution is -0.161. The van der Waals surface area contributed by atoms with E-state index in [2.05, 4.69) is 9.46 Å². The Labute approximate surface area is 97.4 Å². The van der Waals surface area contributed by atoms with Gasteiger partial charge >= 0.3 is 5.97 Å². The predicted octanol–water partition coefficient (Wildman–Crippen LogP) is 0.544. The molecule has 7 heteroatoms. The molecule has 1 aliphatic rings. The number of hydrogen-bond acceptors (Lipinski definition) is 4. The van der Waals surface area contributed by atoms with Crippen LogP contribution in [0, 0.1) is 0 Å². The van der Waals surface area contributed by atoms with Gasteiger partial charge < -0.3 is 4.74 Å². The van der Waals surface area contributed by atoms with Gasteiger partial charge in [0, 0.05) is 5.02 Å². The molecule has 0 spiro atoms. The molecule has 1 aromatic carbocycles. The Balaban J connectivity index is 2.18. The van der Waals surface area contributed by atoms with Crippen LogP contribution in [-0.2, 0) is 19.6 Å². The number of carbonyl (C=O) groups is 1. The Bertz CT molecular complexity index is 511. The third-order valence-corrected chi connectivity index (χ3v) is 3.84. The van der Waals surface area contributed by atoms with Crippen molar-refractivity contribution >= 4 is 27.6 Å². The summed E-state index contributed by atoms with van der Waals surface area (Å²) in [4.78, 5) is 10.9. The highest BCUT2D eigenvalue weighted by Crippen LogP contribution is 2.15. The standard InChI is InChI=1S/C9H8ClNO4S/c10-6-1-3-7(4-2-6)16(13,14)11-8-5-15-9(8)12/h1-4,8,11H,5H2. The van der Waals surface area contributed by atoms with Crippen LogP contribution in [0.25, 0.3) is 0 Å². The maximum atomic E-state index is 11.7. The molecular weight excluding hydrogens is 254 g/mol. The van der Waals surface area contributed by atoms with Crippen LogP contribution in [0.3, 0.4) is 0 Å². The van der Waals surface area contributed by atoms with E-state index in [4.69, 9.17) is 11.6 Å². The molecule has 5 nitrogen and oxygen atoms in total. The summed E-state index contributed by atoms with van der Waals surface area (Å²) in [5, 5.41) is 0.446. The molecule has 16 heavy (non-hydrogen) atoms. The number of carbonyl (C=O) groups excluding carboxylic acids is 1. The van der Waals surface area contributed by atoms with Gasteiger partial charge in [0.25, 0.3) is 0 Å². The SMILES string of the molecule is O=C1OCC1NS(=O)(=O)c1ccc(Cl)cc1. The molecule has 0 aliphatic carbocycles. The smallest absolute Gasteiger partial charge is 0.327 e. The Morgan fingerprint density at radius 3 is 2.38 bits per heavy atom. The van der Waals surface area contributed by atoms with E-state index in [0.717, 1.165) is 0 Å². The molecular formula is C9H8ClNO4S. The van der Waals surface area contributed by atoms with Crippen LogP contribution < -0.4 is 4.72 Å². The van der Waals surface area contributed by atoms with Gasteiger partial charge in [-0.1, -0.05) is 11.6 Å². The van der Waals surface area contributed by atoms with E-state index in [9.17, 15) is 13.2 Å². The van der Waals surface area contributed by atoms with Crippen molar-refractivity contribution in [3.8, 4) is 0 Å². The monoisotopic (exact) mass is 261 g/mol. The van der Waals surface area contributed by atoms with Gasteiger partial charge in [-0.05, 0) is 24.3 Å². The Kier molecular flexibility index (Phi) is 2.88. The number of rotatable bonds is 3. The van der Waals surface area contributed by atoms with Crippen LogP contribution in [0.2, 0.25) is 5.02 Å². The van der Waals surface area contributed by atoms with Gasteiger partial charge in [-0.25, -0.2) is 8.42 Å². The van der Waals surface area contributed by atoms with Crippen LogP contribution in [0.5, 0.6) is 0 Å². The number of ether oxygens (including phenoxy) is 1. The lowest BCUT2D eigenvalue weighted by Crippen LogP contribution is -2.52. The van der Waals surface area contributed by atoms with Crippen molar-refractivity contribution in [2.24, 2.45) is 0 Å². The first-order valence-corrected chi connectivity index (χ1v) is 6.30. The van der Waals surface area contributed by atoms with Crippen molar-refractivity contribution in [3.63, 3.8) is 0 Å². The summed E-state index contributed by atoms with van der Waals surface area (Å²) >= 11 is 5.64. The molecule has 1 heterocycles. The molecule has 2 rings (SSSR count). The molecule has 0 radical (unpaired) electrons. The summed E-state index contributed by atoms with van der Waals surface area (Å²) < 4.78 is 30.2. The second-order valence-electron chi connectivity index (χ2n) is 3.26. The van der Waals surface area contributed by atoms with Crippen LogP contribution in [0.15, 0.2) is 29.2 Å². The first kappa shape index (κ1) is 11.4. The number of halogens is 1. The minimum Gasteiger partial charge on any atom is -0.462 e. The van der Waals surface area contributed by atoms with Crippen molar-refractivity contribution in [1.29, 1.82) is 0 Å². The first-order chi connectivity index (χ1) is 7.49. The second-order valence-corrected chi connectivity index (χ2v) is 5.41. The largest absolute Gasteiger partial charge is 0.462 e. The van der Waals surface area contributed by atoms with Crippen molar-refractivity contribution in [3.05, 3.63) is 29.3 Å². The van der Waals surface area contributed by atoms with Crippen LogP contribution in [0.4, 0.5) is 0 Å². The number of nitrogens with one attached hydrogen (secondary N) is 1. The normalized spacial score (nSPS) is 20.1. The highest BCUT2D eigenvalue weighted by atomic mass is 35.5. The first-order valence-electron chi connectivity index (χ1n) is 4.43. The second kappa shape index (κ2) is 4.04. The molecule has 1 N–H and O–H groups in total. The van der Waals surface area contributed by atoms with Crippen molar-refractivity contribution < 1.29 is 17.9 Å². The topological polar surface area (TPSA) is 72.5 Å². The number of benzene rings is 1. The molecule has 1 aliphatic heterocycles. The van der Waals surface area contributed by atoms with Crippen LogP contribution >= 0.6 is 11.6 Å². The Hall–Kier alpha value is -1.11. The Morgan fingerprint density at radius 1 is 1.31 bits per heavy atom. The summed E-state index contributed by atoms with van der Waals surface area (Å²) in [5.74, 6) is -0.558. The minimum atomic E-state index is -3.68. The number of hydrogen-bond donors (Lipinski definition) is 1. The summed E-state index contributed by atoms with van der Waals surface area (Å²) in [6.07, 6.45) is 0. The zero-order chi connectivity index (χ0) is 11.8. The van der Waals surface area contributed by atoms with Crippen LogP contribution in [-0.4, -0.2) is 27.0 Å². The maximum absolute atomic E-state index is 11.7. The van der Waals surface area contributed by atoms with Gasteiger partial charge in [0.15, 0.2) is 6.04 Å². The molecule has 0 aromatic heterocycles.